The second kappa shape index (κ2) is 10.2. The SMILES string of the molecule is COC1CC2CCC(C1)N2c1nc(-c2c(C)cccc2Cl)nc2c1CN(c1cc(C(C)C)ccc1C)CC2. The first-order valence-corrected chi connectivity index (χ1v) is 14.5. The fourth-order valence-electron chi connectivity index (χ4n) is 6.83. The van der Waals surface area contributed by atoms with Crippen LogP contribution in [0.15, 0.2) is 36.4 Å². The van der Waals surface area contributed by atoms with Gasteiger partial charge < -0.3 is 14.5 Å². The van der Waals surface area contributed by atoms with Gasteiger partial charge in [-0.25, -0.2) is 9.97 Å². The number of anilines is 2. The van der Waals surface area contributed by atoms with Gasteiger partial charge in [-0.05, 0) is 74.3 Å². The predicted molar refractivity (Wildman–Crippen MR) is 157 cm³/mol. The summed E-state index contributed by atoms with van der Waals surface area (Å²) in [6.07, 6.45) is 5.75. The Labute approximate surface area is 232 Å². The number of aromatic nitrogens is 2. The molecule has 3 aromatic rings. The van der Waals surface area contributed by atoms with Gasteiger partial charge >= 0.3 is 0 Å². The van der Waals surface area contributed by atoms with Crippen molar-refractivity contribution in [3.63, 3.8) is 0 Å². The van der Waals surface area contributed by atoms with E-state index in [0.29, 0.717) is 24.1 Å². The molecule has 0 amide bonds. The lowest BCUT2D eigenvalue weighted by Gasteiger charge is -2.42. The molecule has 38 heavy (non-hydrogen) atoms. The minimum atomic E-state index is 0.338. The summed E-state index contributed by atoms with van der Waals surface area (Å²) in [5.41, 5.74) is 8.57. The topological polar surface area (TPSA) is 41.5 Å². The number of aryl methyl sites for hydroxylation is 2. The number of methoxy groups -OCH3 is 1. The van der Waals surface area contributed by atoms with Crippen LogP contribution < -0.4 is 9.80 Å². The largest absolute Gasteiger partial charge is 0.381 e. The fourth-order valence-corrected chi connectivity index (χ4v) is 7.14. The van der Waals surface area contributed by atoms with E-state index in [0.717, 1.165) is 60.1 Å². The molecule has 5 nitrogen and oxygen atoms in total. The molecule has 0 spiro atoms. The van der Waals surface area contributed by atoms with E-state index in [2.05, 4.69) is 61.8 Å². The predicted octanol–water partition coefficient (Wildman–Crippen LogP) is 7.25. The molecule has 2 saturated heterocycles. The number of hydrogen-bond acceptors (Lipinski definition) is 5. The van der Waals surface area contributed by atoms with Crippen LogP contribution in [0.5, 0.6) is 0 Å². The average molecular weight is 531 g/mol. The van der Waals surface area contributed by atoms with Crippen LogP contribution in [0, 0.1) is 13.8 Å². The van der Waals surface area contributed by atoms with E-state index < -0.39 is 0 Å². The van der Waals surface area contributed by atoms with Crippen LogP contribution in [-0.2, 0) is 17.7 Å². The summed E-state index contributed by atoms with van der Waals surface area (Å²) in [5.74, 6) is 2.39. The van der Waals surface area contributed by atoms with Gasteiger partial charge in [0.2, 0.25) is 0 Å². The Bertz CT molecular complexity index is 1320. The van der Waals surface area contributed by atoms with Crippen molar-refractivity contribution in [1.82, 2.24) is 9.97 Å². The van der Waals surface area contributed by atoms with Gasteiger partial charge in [0.15, 0.2) is 5.82 Å². The zero-order chi connectivity index (χ0) is 26.6. The van der Waals surface area contributed by atoms with Crippen molar-refractivity contribution >= 4 is 23.1 Å². The highest BCUT2D eigenvalue weighted by Crippen LogP contribution is 2.44. The summed E-state index contributed by atoms with van der Waals surface area (Å²) in [6.45, 7) is 10.6. The van der Waals surface area contributed by atoms with E-state index in [1.54, 1.807) is 0 Å². The lowest BCUT2D eigenvalue weighted by atomic mass is 9.96. The van der Waals surface area contributed by atoms with Gasteiger partial charge in [-0.1, -0.05) is 49.7 Å². The zero-order valence-electron chi connectivity index (χ0n) is 23.3. The molecule has 6 heteroatoms. The number of nitrogens with zero attached hydrogens (tertiary/aromatic N) is 4. The molecule has 4 heterocycles. The van der Waals surface area contributed by atoms with Crippen molar-refractivity contribution in [3.8, 4) is 11.4 Å². The van der Waals surface area contributed by atoms with Gasteiger partial charge in [-0.15, -0.1) is 0 Å². The first-order chi connectivity index (χ1) is 18.3. The molecule has 2 atom stereocenters. The fraction of sp³-hybridized carbons (Fsp3) is 0.500. The van der Waals surface area contributed by atoms with E-state index in [-0.39, 0.29) is 0 Å². The lowest BCUT2D eigenvalue weighted by molar-refractivity contribution is 0.0681. The highest BCUT2D eigenvalue weighted by atomic mass is 35.5. The Hall–Kier alpha value is -2.63. The summed E-state index contributed by atoms with van der Waals surface area (Å²) >= 11 is 6.74. The monoisotopic (exact) mass is 530 g/mol. The molecule has 0 N–H and O–H groups in total. The first kappa shape index (κ1) is 25.6. The molecule has 3 aliphatic rings. The maximum atomic E-state index is 6.74. The number of ether oxygens (including phenoxy) is 1. The highest BCUT2D eigenvalue weighted by Gasteiger charge is 2.43. The van der Waals surface area contributed by atoms with Crippen molar-refractivity contribution in [3.05, 3.63) is 69.4 Å². The minimum Gasteiger partial charge on any atom is -0.381 e. The van der Waals surface area contributed by atoms with Gasteiger partial charge in [0, 0.05) is 55.5 Å². The van der Waals surface area contributed by atoms with Crippen LogP contribution in [0.1, 0.15) is 73.4 Å². The highest BCUT2D eigenvalue weighted by molar-refractivity contribution is 6.33. The molecule has 6 rings (SSSR count). The van der Waals surface area contributed by atoms with Gasteiger partial charge in [-0.3, -0.25) is 0 Å². The van der Waals surface area contributed by atoms with Crippen LogP contribution in [0.25, 0.3) is 11.4 Å². The van der Waals surface area contributed by atoms with Gasteiger partial charge in [0.1, 0.15) is 5.82 Å². The van der Waals surface area contributed by atoms with Crippen LogP contribution in [0.3, 0.4) is 0 Å². The molecule has 0 saturated carbocycles. The summed E-state index contributed by atoms with van der Waals surface area (Å²) in [6, 6.07) is 13.9. The van der Waals surface area contributed by atoms with E-state index in [9.17, 15) is 0 Å². The van der Waals surface area contributed by atoms with Crippen LogP contribution >= 0.6 is 11.6 Å². The Morgan fingerprint density at radius 2 is 1.76 bits per heavy atom. The number of piperidine rings is 1. The van der Waals surface area contributed by atoms with Crippen molar-refractivity contribution in [1.29, 1.82) is 0 Å². The number of hydrogen-bond donors (Lipinski definition) is 0. The van der Waals surface area contributed by atoms with Crippen LogP contribution in [0.4, 0.5) is 11.5 Å². The molecular weight excluding hydrogens is 492 g/mol. The quantitative estimate of drug-likeness (QED) is 0.347. The molecule has 0 aliphatic carbocycles. The Balaban J connectivity index is 1.46. The third-order valence-electron chi connectivity index (χ3n) is 8.99. The third kappa shape index (κ3) is 4.48. The Morgan fingerprint density at radius 3 is 2.45 bits per heavy atom. The van der Waals surface area contributed by atoms with Crippen molar-refractivity contribution in [2.75, 3.05) is 23.5 Å². The average Bonchev–Trinajstić information content (AvgIpc) is 3.16. The Morgan fingerprint density at radius 1 is 1.00 bits per heavy atom. The van der Waals surface area contributed by atoms with Crippen LogP contribution in [0.2, 0.25) is 5.02 Å². The smallest absolute Gasteiger partial charge is 0.163 e. The number of rotatable bonds is 5. The van der Waals surface area contributed by atoms with E-state index in [1.165, 1.54) is 40.9 Å². The molecule has 2 fully saturated rings. The molecule has 2 bridgehead atoms. The molecular formula is C32H39ClN4O. The first-order valence-electron chi connectivity index (χ1n) is 14.2. The summed E-state index contributed by atoms with van der Waals surface area (Å²) in [4.78, 5) is 15.7. The molecule has 3 aliphatic heterocycles. The minimum absolute atomic E-state index is 0.338. The third-order valence-corrected chi connectivity index (χ3v) is 9.31. The summed E-state index contributed by atoms with van der Waals surface area (Å²) in [5, 5.41) is 0.718. The molecule has 0 radical (unpaired) electrons. The Kier molecular flexibility index (Phi) is 6.86. The number of benzene rings is 2. The number of halogens is 1. The molecule has 1 aromatic heterocycles. The maximum absolute atomic E-state index is 6.74. The van der Waals surface area contributed by atoms with E-state index in [4.69, 9.17) is 26.3 Å². The maximum Gasteiger partial charge on any atom is 0.163 e. The van der Waals surface area contributed by atoms with Gasteiger partial charge in [-0.2, -0.15) is 0 Å². The molecule has 2 aromatic carbocycles. The summed E-state index contributed by atoms with van der Waals surface area (Å²) in [7, 11) is 1.86. The normalized spacial score (nSPS) is 22.8. The van der Waals surface area contributed by atoms with Gasteiger partial charge in [0.05, 0.1) is 16.8 Å². The van der Waals surface area contributed by atoms with Gasteiger partial charge in [0.25, 0.3) is 0 Å². The molecule has 200 valence electrons. The van der Waals surface area contributed by atoms with E-state index >= 15 is 0 Å². The van der Waals surface area contributed by atoms with E-state index in [1.807, 2.05) is 19.2 Å². The standard InChI is InChI=1S/C32H39ClN4O/c1-19(2)22-10-9-20(3)29(15-22)36-14-13-28-26(18-36)32(37-23-11-12-24(37)17-25(16-23)38-5)35-31(34-28)30-21(4)7-6-8-27(30)33/h6-10,15,19,23-25H,11-14,16-18H2,1-5H3. The molecule has 2 unspecified atom stereocenters. The van der Waals surface area contributed by atoms with Crippen molar-refractivity contribution in [2.45, 2.75) is 90.4 Å². The zero-order valence-corrected chi connectivity index (χ0v) is 24.1. The summed E-state index contributed by atoms with van der Waals surface area (Å²) < 4.78 is 5.83. The second-order valence-corrected chi connectivity index (χ2v) is 12.1. The number of fused-ring (bicyclic) bond motifs is 3. The lowest BCUT2D eigenvalue weighted by Crippen LogP contribution is -2.47. The second-order valence-electron chi connectivity index (χ2n) is 11.7. The van der Waals surface area contributed by atoms with Crippen molar-refractivity contribution in [2.24, 2.45) is 0 Å². The van der Waals surface area contributed by atoms with Crippen LogP contribution in [-0.4, -0.2) is 41.8 Å². The van der Waals surface area contributed by atoms with Crippen molar-refractivity contribution < 1.29 is 4.74 Å².